The third-order valence-corrected chi connectivity index (χ3v) is 7.28. The molecule has 0 rings (SSSR count). The largest absolute Gasteiger partial charge is 0.462 e. The van der Waals surface area contributed by atoms with E-state index in [1.54, 1.807) is 0 Å². The second kappa shape index (κ2) is 35.1. The molecule has 0 aromatic carbocycles. The summed E-state index contributed by atoms with van der Waals surface area (Å²) in [6, 6.07) is 0. The van der Waals surface area contributed by atoms with Crippen molar-refractivity contribution in [3.8, 4) is 0 Å². The normalized spacial score (nSPS) is 12.9. The summed E-state index contributed by atoms with van der Waals surface area (Å²) in [4.78, 5) is 24.1. The molecule has 44 heavy (non-hydrogen) atoms. The molecule has 1 atom stereocenters. The number of ether oxygens (including phenoxy) is 2. The summed E-state index contributed by atoms with van der Waals surface area (Å²) in [6.45, 7) is 4.01. The second-order valence-electron chi connectivity index (χ2n) is 11.6. The van der Waals surface area contributed by atoms with Crippen molar-refractivity contribution >= 4 is 11.9 Å². The van der Waals surface area contributed by atoms with E-state index in [1.165, 1.54) is 57.8 Å². The SMILES string of the molecule is CCCC/C=C/CCCCCCCC(=O)OC[C@H](CO)OC(=O)CCCCC/C=C/C/C=C/C/C=C/C/C=C/CCCCC. The second-order valence-corrected chi connectivity index (χ2v) is 11.6. The Kier molecular flexibility index (Phi) is 33.2. The van der Waals surface area contributed by atoms with Gasteiger partial charge in [0, 0.05) is 12.8 Å². The van der Waals surface area contributed by atoms with Gasteiger partial charge in [-0.05, 0) is 77.0 Å². The van der Waals surface area contributed by atoms with Gasteiger partial charge in [-0.1, -0.05) is 126 Å². The number of allylic oxidation sites excluding steroid dienone is 10. The van der Waals surface area contributed by atoms with E-state index in [0.29, 0.717) is 12.8 Å². The molecule has 5 nitrogen and oxygen atoms in total. The van der Waals surface area contributed by atoms with Crippen LogP contribution in [0.15, 0.2) is 60.8 Å². The minimum Gasteiger partial charge on any atom is -0.462 e. The number of rotatable bonds is 31. The molecule has 0 saturated carbocycles. The number of carbonyl (C=O) groups excluding carboxylic acids is 2. The van der Waals surface area contributed by atoms with E-state index in [1.807, 2.05) is 0 Å². The predicted molar refractivity (Wildman–Crippen MR) is 187 cm³/mol. The van der Waals surface area contributed by atoms with Gasteiger partial charge in [-0.3, -0.25) is 9.59 Å². The van der Waals surface area contributed by atoms with Gasteiger partial charge in [-0.2, -0.15) is 0 Å². The van der Waals surface area contributed by atoms with E-state index >= 15 is 0 Å². The van der Waals surface area contributed by atoms with Crippen LogP contribution in [0.25, 0.3) is 0 Å². The Hall–Kier alpha value is -2.40. The lowest BCUT2D eigenvalue weighted by Crippen LogP contribution is -2.28. The number of aliphatic hydroxyl groups is 1. The standard InChI is InChI=1S/C39H66O5/c1-3-5-7-9-11-13-15-16-17-18-19-20-21-22-24-26-28-30-32-34-39(42)44-37(35-40)36-43-38(41)33-31-29-27-25-23-14-12-10-8-6-4-2/h10-13,16-17,19-20,22,24,37,40H,3-9,14-15,18,21,23,25-36H2,1-2H3/b12-10+,13-11+,17-16+,20-19+,24-22+/t37-/m0/s1. The van der Waals surface area contributed by atoms with Gasteiger partial charge in [-0.15, -0.1) is 0 Å². The summed E-state index contributed by atoms with van der Waals surface area (Å²) in [5.41, 5.74) is 0. The maximum Gasteiger partial charge on any atom is 0.306 e. The van der Waals surface area contributed by atoms with Crippen LogP contribution < -0.4 is 0 Å². The molecule has 0 radical (unpaired) electrons. The lowest BCUT2D eigenvalue weighted by atomic mass is 10.1. The Labute approximate surface area is 271 Å². The summed E-state index contributed by atoms with van der Waals surface area (Å²) in [5.74, 6) is -0.645. The van der Waals surface area contributed by atoms with Crippen LogP contribution in [0.1, 0.15) is 155 Å². The maximum absolute atomic E-state index is 12.1. The van der Waals surface area contributed by atoms with Crippen LogP contribution >= 0.6 is 0 Å². The van der Waals surface area contributed by atoms with Crippen LogP contribution in [0.5, 0.6) is 0 Å². The van der Waals surface area contributed by atoms with Crippen molar-refractivity contribution < 1.29 is 24.2 Å². The van der Waals surface area contributed by atoms with E-state index in [4.69, 9.17) is 9.47 Å². The van der Waals surface area contributed by atoms with E-state index in [2.05, 4.69) is 74.6 Å². The molecule has 252 valence electrons. The zero-order valence-corrected chi connectivity index (χ0v) is 28.4. The number of hydrogen-bond donors (Lipinski definition) is 1. The highest BCUT2D eigenvalue weighted by atomic mass is 16.6. The number of carbonyl (C=O) groups is 2. The third kappa shape index (κ3) is 32.5. The first-order chi connectivity index (χ1) is 21.6. The number of esters is 2. The number of hydrogen-bond acceptors (Lipinski definition) is 5. The molecular formula is C39H66O5. The van der Waals surface area contributed by atoms with E-state index in [9.17, 15) is 14.7 Å². The zero-order chi connectivity index (χ0) is 32.2. The fourth-order valence-corrected chi connectivity index (χ4v) is 4.52. The van der Waals surface area contributed by atoms with Crippen LogP contribution in [-0.4, -0.2) is 36.4 Å². The van der Waals surface area contributed by atoms with E-state index in [0.717, 1.165) is 70.6 Å². The summed E-state index contributed by atoms with van der Waals surface area (Å²) >= 11 is 0. The fourth-order valence-electron chi connectivity index (χ4n) is 4.52. The van der Waals surface area contributed by atoms with Crippen LogP contribution in [0.3, 0.4) is 0 Å². The molecule has 0 spiro atoms. The molecule has 0 bridgehead atoms. The molecule has 5 heteroatoms. The molecule has 0 aromatic heterocycles. The Morgan fingerprint density at radius 2 is 0.932 bits per heavy atom. The van der Waals surface area contributed by atoms with Crippen LogP contribution in [-0.2, 0) is 19.1 Å². The monoisotopic (exact) mass is 614 g/mol. The Bertz CT molecular complexity index is 792. The topological polar surface area (TPSA) is 72.8 Å². The van der Waals surface area contributed by atoms with Crippen LogP contribution in [0.4, 0.5) is 0 Å². The molecule has 0 saturated heterocycles. The first-order valence-electron chi connectivity index (χ1n) is 17.8. The Morgan fingerprint density at radius 1 is 0.523 bits per heavy atom. The highest BCUT2D eigenvalue weighted by Gasteiger charge is 2.16. The quantitative estimate of drug-likeness (QED) is 0.0478. The molecule has 0 heterocycles. The molecular weight excluding hydrogens is 548 g/mol. The van der Waals surface area contributed by atoms with Gasteiger partial charge in [0.1, 0.15) is 6.61 Å². The smallest absolute Gasteiger partial charge is 0.306 e. The minimum absolute atomic E-state index is 0.0858. The van der Waals surface area contributed by atoms with Crippen molar-refractivity contribution in [2.24, 2.45) is 0 Å². The molecule has 0 aromatic rings. The van der Waals surface area contributed by atoms with Gasteiger partial charge in [0.2, 0.25) is 0 Å². The molecule has 0 aliphatic rings. The zero-order valence-electron chi connectivity index (χ0n) is 28.4. The molecule has 0 fully saturated rings. The van der Waals surface area contributed by atoms with Gasteiger partial charge in [0.05, 0.1) is 6.61 Å². The summed E-state index contributed by atoms with van der Waals surface area (Å²) in [6.07, 6.45) is 44.1. The Morgan fingerprint density at radius 3 is 1.48 bits per heavy atom. The molecule has 0 aliphatic heterocycles. The first-order valence-corrected chi connectivity index (χ1v) is 17.8. The lowest BCUT2D eigenvalue weighted by Gasteiger charge is -2.15. The maximum atomic E-state index is 12.1. The molecule has 0 aliphatic carbocycles. The van der Waals surface area contributed by atoms with E-state index < -0.39 is 6.10 Å². The fraction of sp³-hybridized carbons (Fsp3) is 0.692. The molecule has 0 unspecified atom stereocenters. The summed E-state index contributed by atoms with van der Waals surface area (Å²) in [5, 5.41) is 9.51. The van der Waals surface area contributed by atoms with Gasteiger partial charge >= 0.3 is 11.9 Å². The van der Waals surface area contributed by atoms with Crippen molar-refractivity contribution in [2.45, 2.75) is 161 Å². The molecule has 0 amide bonds. The van der Waals surface area contributed by atoms with Crippen molar-refractivity contribution in [1.82, 2.24) is 0 Å². The van der Waals surface area contributed by atoms with Gasteiger partial charge < -0.3 is 14.6 Å². The lowest BCUT2D eigenvalue weighted by molar-refractivity contribution is -0.161. The van der Waals surface area contributed by atoms with Gasteiger partial charge in [0.15, 0.2) is 6.10 Å². The number of aliphatic hydroxyl groups excluding tert-OH is 1. The van der Waals surface area contributed by atoms with Crippen LogP contribution in [0, 0.1) is 0 Å². The highest BCUT2D eigenvalue weighted by molar-refractivity contribution is 5.70. The average Bonchev–Trinajstić information content (AvgIpc) is 3.02. The minimum atomic E-state index is -0.791. The average molecular weight is 615 g/mol. The van der Waals surface area contributed by atoms with Crippen molar-refractivity contribution in [3.05, 3.63) is 60.8 Å². The first kappa shape index (κ1) is 41.6. The Balaban J connectivity index is 3.69. The summed E-state index contributed by atoms with van der Waals surface area (Å²) < 4.78 is 10.5. The van der Waals surface area contributed by atoms with Crippen molar-refractivity contribution in [1.29, 1.82) is 0 Å². The number of unbranched alkanes of at least 4 members (excludes halogenated alkanes) is 13. The van der Waals surface area contributed by atoms with Gasteiger partial charge in [-0.25, -0.2) is 0 Å². The molecule has 1 N–H and O–H groups in total. The third-order valence-electron chi connectivity index (χ3n) is 7.28. The van der Waals surface area contributed by atoms with Crippen LogP contribution in [0.2, 0.25) is 0 Å². The summed E-state index contributed by atoms with van der Waals surface area (Å²) in [7, 11) is 0. The van der Waals surface area contributed by atoms with Gasteiger partial charge in [0.25, 0.3) is 0 Å². The van der Waals surface area contributed by atoms with Crippen molar-refractivity contribution in [3.63, 3.8) is 0 Å². The van der Waals surface area contributed by atoms with E-state index in [-0.39, 0.29) is 25.2 Å². The van der Waals surface area contributed by atoms with Crippen molar-refractivity contribution in [2.75, 3.05) is 13.2 Å². The predicted octanol–water partition coefficient (Wildman–Crippen LogP) is 10.8. The highest BCUT2D eigenvalue weighted by Crippen LogP contribution is 2.10.